The van der Waals surface area contributed by atoms with Crippen molar-refractivity contribution >= 4 is 29.1 Å². The average molecular weight is 419 g/mol. The lowest BCUT2D eigenvalue weighted by Crippen LogP contribution is -2.46. The Balaban J connectivity index is 1.24. The molecule has 0 atom stereocenters. The number of carbonyl (C=O) groups excluding carboxylic acids is 3. The second-order valence-electron chi connectivity index (χ2n) is 8.78. The van der Waals surface area contributed by atoms with Gasteiger partial charge in [-0.2, -0.15) is 0 Å². The molecule has 2 aliphatic heterocycles. The number of rotatable bonds is 3. The molecule has 0 saturated heterocycles. The Morgan fingerprint density at radius 3 is 2.35 bits per heavy atom. The predicted molar refractivity (Wildman–Crippen MR) is 116 cm³/mol. The number of aliphatic hydroxyl groups is 1. The minimum absolute atomic E-state index is 0.0143. The van der Waals surface area contributed by atoms with Crippen molar-refractivity contribution < 1.29 is 19.5 Å². The van der Waals surface area contributed by atoms with Gasteiger partial charge in [0.15, 0.2) is 0 Å². The number of fused-ring (bicyclic) bond motifs is 1. The third kappa shape index (κ3) is 3.70. The van der Waals surface area contributed by atoms with Gasteiger partial charge in [0, 0.05) is 38.0 Å². The van der Waals surface area contributed by atoms with Gasteiger partial charge in [-0.05, 0) is 53.6 Å². The standard InChI is InChI=1S/C24H25N3O4/c28-20-8-7-16-11-19(10-15-6-3-9-27(20)21(15)16)26-23(30)22(29)25-14-24(31)12-17-4-1-2-5-18(17)13-24/h1-2,4-5,10-11,31H,3,6-9,12-14H2,(H,25,29)(H,26,30). The van der Waals surface area contributed by atoms with Crippen molar-refractivity contribution in [2.45, 2.75) is 44.1 Å². The zero-order valence-corrected chi connectivity index (χ0v) is 17.2. The lowest BCUT2D eigenvalue weighted by Gasteiger charge is -2.35. The van der Waals surface area contributed by atoms with Crippen LogP contribution in [0.25, 0.3) is 0 Å². The van der Waals surface area contributed by atoms with Gasteiger partial charge in [-0.3, -0.25) is 14.4 Å². The fourth-order valence-electron chi connectivity index (χ4n) is 5.04. The zero-order chi connectivity index (χ0) is 21.6. The van der Waals surface area contributed by atoms with Gasteiger partial charge in [-0.15, -0.1) is 0 Å². The summed E-state index contributed by atoms with van der Waals surface area (Å²) in [7, 11) is 0. The second kappa shape index (κ2) is 7.50. The van der Waals surface area contributed by atoms with Gasteiger partial charge in [-0.1, -0.05) is 24.3 Å². The summed E-state index contributed by atoms with van der Waals surface area (Å²) < 4.78 is 0. The molecule has 0 aromatic heterocycles. The fraction of sp³-hybridized carbons (Fsp3) is 0.375. The van der Waals surface area contributed by atoms with E-state index in [1.165, 1.54) is 0 Å². The number of anilines is 2. The van der Waals surface area contributed by atoms with E-state index in [1.807, 2.05) is 41.3 Å². The summed E-state index contributed by atoms with van der Waals surface area (Å²) in [6, 6.07) is 11.5. The Kier molecular flexibility index (Phi) is 4.78. The average Bonchev–Trinajstić information content (AvgIpc) is 3.11. The lowest BCUT2D eigenvalue weighted by atomic mass is 9.91. The second-order valence-corrected chi connectivity index (χ2v) is 8.78. The molecule has 2 aromatic carbocycles. The Morgan fingerprint density at radius 1 is 0.968 bits per heavy atom. The first kappa shape index (κ1) is 19.8. The van der Waals surface area contributed by atoms with Crippen LogP contribution in [0.5, 0.6) is 0 Å². The molecule has 0 fully saturated rings. The summed E-state index contributed by atoms with van der Waals surface area (Å²) in [4.78, 5) is 38.9. The van der Waals surface area contributed by atoms with E-state index in [4.69, 9.17) is 0 Å². The van der Waals surface area contributed by atoms with Crippen molar-refractivity contribution in [2.75, 3.05) is 23.3 Å². The summed E-state index contributed by atoms with van der Waals surface area (Å²) in [5, 5.41) is 16.1. The van der Waals surface area contributed by atoms with Gasteiger partial charge in [0.05, 0.1) is 11.3 Å². The maximum atomic E-state index is 12.5. The van der Waals surface area contributed by atoms with Gasteiger partial charge in [0.1, 0.15) is 0 Å². The molecule has 0 radical (unpaired) electrons. The monoisotopic (exact) mass is 419 g/mol. The number of nitrogens with zero attached hydrogens (tertiary/aromatic N) is 1. The number of carbonyl (C=O) groups is 3. The number of nitrogens with one attached hydrogen (secondary N) is 2. The van der Waals surface area contributed by atoms with Gasteiger partial charge in [0.2, 0.25) is 5.91 Å². The van der Waals surface area contributed by atoms with E-state index in [0.29, 0.717) is 31.4 Å². The number of hydrogen-bond donors (Lipinski definition) is 3. The van der Waals surface area contributed by atoms with Crippen molar-refractivity contribution in [2.24, 2.45) is 0 Å². The molecule has 31 heavy (non-hydrogen) atoms. The maximum Gasteiger partial charge on any atom is 0.313 e. The SMILES string of the molecule is O=C(NCC1(O)Cc2ccccc2C1)C(=O)Nc1cc2c3c(c1)CCC(=O)N3CCC2. The Hall–Kier alpha value is -3.19. The molecule has 3 N–H and O–H groups in total. The highest BCUT2D eigenvalue weighted by Crippen LogP contribution is 2.38. The van der Waals surface area contributed by atoms with Crippen molar-refractivity contribution in [1.29, 1.82) is 0 Å². The highest BCUT2D eigenvalue weighted by atomic mass is 16.3. The van der Waals surface area contributed by atoms with Crippen LogP contribution < -0.4 is 15.5 Å². The molecule has 3 aliphatic rings. The quantitative estimate of drug-likeness (QED) is 0.657. The summed E-state index contributed by atoms with van der Waals surface area (Å²) >= 11 is 0. The molecule has 0 unspecified atom stereocenters. The molecular formula is C24H25N3O4. The normalized spacial score (nSPS) is 18.2. The van der Waals surface area contributed by atoms with Crippen LogP contribution in [0.2, 0.25) is 0 Å². The van der Waals surface area contributed by atoms with Gasteiger partial charge >= 0.3 is 11.8 Å². The summed E-state index contributed by atoms with van der Waals surface area (Å²) in [6.07, 6.45) is 3.74. The zero-order valence-electron chi connectivity index (χ0n) is 17.2. The van der Waals surface area contributed by atoms with Crippen LogP contribution in [0.1, 0.15) is 35.1 Å². The van der Waals surface area contributed by atoms with Crippen LogP contribution in [0.4, 0.5) is 11.4 Å². The van der Waals surface area contributed by atoms with Crippen LogP contribution in [0, 0.1) is 0 Å². The Morgan fingerprint density at radius 2 is 1.65 bits per heavy atom. The van der Waals surface area contributed by atoms with Crippen molar-refractivity contribution in [1.82, 2.24) is 5.32 Å². The first-order valence-electron chi connectivity index (χ1n) is 10.8. The van der Waals surface area contributed by atoms with Crippen LogP contribution in [-0.2, 0) is 40.1 Å². The van der Waals surface area contributed by atoms with E-state index in [-0.39, 0.29) is 12.5 Å². The topological polar surface area (TPSA) is 98.7 Å². The lowest BCUT2D eigenvalue weighted by molar-refractivity contribution is -0.136. The summed E-state index contributed by atoms with van der Waals surface area (Å²) in [5.74, 6) is -1.38. The van der Waals surface area contributed by atoms with E-state index < -0.39 is 17.4 Å². The molecule has 3 amide bonds. The van der Waals surface area contributed by atoms with Gasteiger partial charge < -0.3 is 20.6 Å². The van der Waals surface area contributed by atoms with E-state index in [2.05, 4.69) is 10.6 Å². The molecule has 2 heterocycles. The number of benzene rings is 2. The van der Waals surface area contributed by atoms with E-state index in [9.17, 15) is 19.5 Å². The molecule has 7 nitrogen and oxygen atoms in total. The third-order valence-corrected chi connectivity index (χ3v) is 6.47. The van der Waals surface area contributed by atoms with Crippen LogP contribution in [-0.4, -0.2) is 41.5 Å². The molecule has 2 aromatic rings. The van der Waals surface area contributed by atoms with E-state index in [1.54, 1.807) is 0 Å². The predicted octanol–water partition coefficient (Wildman–Crippen LogP) is 1.50. The summed E-state index contributed by atoms with van der Waals surface area (Å²) in [5.41, 5.74) is 4.67. The van der Waals surface area contributed by atoms with Crippen LogP contribution in [0.15, 0.2) is 36.4 Å². The molecule has 7 heteroatoms. The number of aryl methyl sites for hydroxylation is 2. The minimum Gasteiger partial charge on any atom is -0.387 e. The molecule has 0 bridgehead atoms. The molecule has 0 saturated carbocycles. The van der Waals surface area contributed by atoms with Crippen LogP contribution in [0.3, 0.4) is 0 Å². The first-order chi connectivity index (χ1) is 14.9. The smallest absolute Gasteiger partial charge is 0.313 e. The largest absolute Gasteiger partial charge is 0.387 e. The molecule has 5 rings (SSSR count). The Labute approximate surface area is 180 Å². The first-order valence-corrected chi connectivity index (χ1v) is 10.8. The highest BCUT2D eigenvalue weighted by Gasteiger charge is 2.36. The van der Waals surface area contributed by atoms with Gasteiger partial charge in [-0.25, -0.2) is 0 Å². The molecule has 160 valence electrons. The molecular weight excluding hydrogens is 394 g/mol. The van der Waals surface area contributed by atoms with Crippen molar-refractivity contribution in [3.05, 3.63) is 58.7 Å². The minimum atomic E-state index is -1.08. The molecule has 0 spiro atoms. The van der Waals surface area contributed by atoms with E-state index in [0.717, 1.165) is 47.3 Å². The maximum absolute atomic E-state index is 12.5. The van der Waals surface area contributed by atoms with E-state index >= 15 is 0 Å². The van der Waals surface area contributed by atoms with Crippen LogP contribution >= 0.6 is 0 Å². The van der Waals surface area contributed by atoms with Crippen molar-refractivity contribution in [3.63, 3.8) is 0 Å². The summed E-state index contributed by atoms with van der Waals surface area (Å²) in [6.45, 7) is 0.750. The third-order valence-electron chi connectivity index (χ3n) is 6.47. The number of amides is 3. The molecule has 1 aliphatic carbocycles. The van der Waals surface area contributed by atoms with Crippen molar-refractivity contribution in [3.8, 4) is 0 Å². The highest BCUT2D eigenvalue weighted by molar-refractivity contribution is 6.39. The fourth-order valence-corrected chi connectivity index (χ4v) is 5.04. The number of hydrogen-bond acceptors (Lipinski definition) is 4. The Bertz CT molecular complexity index is 1050. The van der Waals surface area contributed by atoms with Gasteiger partial charge in [0.25, 0.3) is 0 Å².